The number of rotatable bonds is 7. The molecule has 1 aliphatic heterocycles. The smallest absolute Gasteiger partial charge is 0.337 e. The zero-order valence-electron chi connectivity index (χ0n) is 16.9. The summed E-state index contributed by atoms with van der Waals surface area (Å²) in [6.07, 6.45) is 2.77. The van der Waals surface area contributed by atoms with Gasteiger partial charge in [0, 0.05) is 26.6 Å². The number of ether oxygens (including phenoxy) is 2. The summed E-state index contributed by atoms with van der Waals surface area (Å²) in [6.45, 7) is 2.36. The third-order valence-electron chi connectivity index (χ3n) is 4.76. The number of carbonyl (C=O) groups is 1. The summed E-state index contributed by atoms with van der Waals surface area (Å²) in [5.41, 5.74) is 4.32. The first-order chi connectivity index (χ1) is 13.7. The number of nitrogens with one attached hydrogen (secondary N) is 2. The average molecular weight is 509 g/mol. The van der Waals surface area contributed by atoms with Crippen molar-refractivity contribution >= 4 is 35.9 Å². The van der Waals surface area contributed by atoms with E-state index in [1.54, 1.807) is 19.2 Å². The molecule has 0 saturated carbocycles. The van der Waals surface area contributed by atoms with Crippen LogP contribution in [0, 0.1) is 0 Å². The molecule has 0 unspecified atom stereocenters. The van der Waals surface area contributed by atoms with Crippen LogP contribution in [0.2, 0.25) is 0 Å². The Morgan fingerprint density at radius 2 is 1.72 bits per heavy atom. The largest absolute Gasteiger partial charge is 0.493 e. The van der Waals surface area contributed by atoms with E-state index in [4.69, 9.17) is 9.47 Å². The maximum atomic E-state index is 11.5. The van der Waals surface area contributed by atoms with Gasteiger partial charge in [-0.2, -0.15) is 0 Å². The van der Waals surface area contributed by atoms with Crippen molar-refractivity contribution < 1.29 is 14.3 Å². The number of benzene rings is 2. The lowest BCUT2D eigenvalue weighted by molar-refractivity contribution is 0.0600. The zero-order chi connectivity index (χ0) is 19.8. The third kappa shape index (κ3) is 6.62. The molecule has 2 aromatic carbocycles. The molecule has 0 radical (unpaired) electrons. The van der Waals surface area contributed by atoms with Crippen LogP contribution in [0.3, 0.4) is 0 Å². The minimum atomic E-state index is -0.315. The fraction of sp³-hybridized carbons (Fsp3) is 0.364. The van der Waals surface area contributed by atoms with Crippen molar-refractivity contribution in [3.63, 3.8) is 0 Å². The Hall–Kier alpha value is -2.29. The lowest BCUT2D eigenvalue weighted by atomic mass is 10.1. The van der Waals surface area contributed by atoms with E-state index in [0.29, 0.717) is 5.56 Å². The van der Waals surface area contributed by atoms with Gasteiger partial charge in [-0.1, -0.05) is 24.3 Å². The van der Waals surface area contributed by atoms with Crippen LogP contribution in [-0.2, 0) is 24.0 Å². The summed E-state index contributed by atoms with van der Waals surface area (Å²) in [5, 5.41) is 6.67. The number of nitrogens with zero attached hydrogens (tertiary/aromatic N) is 1. The molecule has 1 heterocycles. The van der Waals surface area contributed by atoms with Crippen molar-refractivity contribution in [1.29, 1.82) is 0 Å². The van der Waals surface area contributed by atoms with E-state index in [1.807, 2.05) is 12.1 Å². The van der Waals surface area contributed by atoms with Crippen LogP contribution in [0.15, 0.2) is 47.5 Å². The molecule has 2 N–H and O–H groups in total. The van der Waals surface area contributed by atoms with Gasteiger partial charge >= 0.3 is 5.97 Å². The predicted molar refractivity (Wildman–Crippen MR) is 126 cm³/mol. The lowest BCUT2D eigenvalue weighted by Gasteiger charge is -2.12. The SMILES string of the molecule is CN=C(NCCc1ccc(C(=O)OC)cc1)NCCc1ccc2c(c1)CCO2.I. The van der Waals surface area contributed by atoms with Crippen molar-refractivity contribution in [2.45, 2.75) is 19.3 Å². The highest BCUT2D eigenvalue weighted by atomic mass is 127. The number of hydrogen-bond donors (Lipinski definition) is 2. The second kappa shape index (κ2) is 11.6. The van der Waals surface area contributed by atoms with Crippen molar-refractivity contribution in [2.24, 2.45) is 4.99 Å². The molecule has 156 valence electrons. The molecule has 6 nitrogen and oxygen atoms in total. The molecule has 2 aromatic rings. The highest BCUT2D eigenvalue weighted by molar-refractivity contribution is 14.0. The number of carbonyl (C=O) groups excluding carboxylic acids is 1. The molecule has 0 atom stereocenters. The maximum absolute atomic E-state index is 11.5. The van der Waals surface area contributed by atoms with Gasteiger partial charge in [0.05, 0.1) is 19.3 Å². The Morgan fingerprint density at radius 1 is 1.07 bits per heavy atom. The minimum Gasteiger partial charge on any atom is -0.493 e. The normalized spacial score (nSPS) is 12.4. The zero-order valence-corrected chi connectivity index (χ0v) is 19.2. The number of hydrogen-bond acceptors (Lipinski definition) is 4. The van der Waals surface area contributed by atoms with E-state index in [9.17, 15) is 4.79 Å². The maximum Gasteiger partial charge on any atom is 0.337 e. The standard InChI is InChI=1S/C22H27N3O3.HI/c1-23-22(24-12-9-16-3-6-18(7-4-16)21(26)27-2)25-13-10-17-5-8-20-19(15-17)11-14-28-20;/h3-8,15H,9-14H2,1-2H3,(H2,23,24,25);1H. The molecule has 0 fully saturated rings. The van der Waals surface area contributed by atoms with Crippen LogP contribution in [-0.4, -0.2) is 45.8 Å². The first-order valence-electron chi connectivity index (χ1n) is 9.56. The quantitative estimate of drug-likeness (QED) is 0.260. The van der Waals surface area contributed by atoms with Crippen LogP contribution < -0.4 is 15.4 Å². The highest BCUT2D eigenvalue weighted by Gasteiger charge is 2.11. The first kappa shape index (κ1) is 23.0. The molecule has 7 heteroatoms. The Kier molecular flexibility index (Phi) is 9.24. The van der Waals surface area contributed by atoms with Gasteiger partial charge in [-0.05, 0) is 47.7 Å². The van der Waals surface area contributed by atoms with E-state index in [-0.39, 0.29) is 29.9 Å². The van der Waals surface area contributed by atoms with Gasteiger partial charge in [-0.3, -0.25) is 4.99 Å². The molecular formula is C22H28IN3O3. The van der Waals surface area contributed by atoms with Crippen molar-refractivity contribution in [2.75, 3.05) is 33.9 Å². The van der Waals surface area contributed by atoms with E-state index >= 15 is 0 Å². The number of guanidine groups is 1. The molecule has 0 aliphatic carbocycles. The Balaban J connectivity index is 0.00000300. The number of esters is 1. The molecule has 0 aromatic heterocycles. The molecule has 0 bridgehead atoms. The van der Waals surface area contributed by atoms with Gasteiger partial charge in [-0.25, -0.2) is 4.79 Å². The minimum absolute atomic E-state index is 0. The van der Waals surface area contributed by atoms with Crippen LogP contribution in [0.5, 0.6) is 5.75 Å². The van der Waals surface area contributed by atoms with Gasteiger partial charge in [0.2, 0.25) is 0 Å². The van der Waals surface area contributed by atoms with Gasteiger partial charge in [0.1, 0.15) is 5.75 Å². The van der Waals surface area contributed by atoms with Crippen LogP contribution in [0.4, 0.5) is 0 Å². The summed E-state index contributed by atoms with van der Waals surface area (Å²) in [5.74, 6) is 1.50. The van der Waals surface area contributed by atoms with Crippen LogP contribution in [0.25, 0.3) is 0 Å². The number of aliphatic imine (C=N–C) groups is 1. The molecule has 0 amide bonds. The van der Waals surface area contributed by atoms with Crippen molar-refractivity contribution in [1.82, 2.24) is 10.6 Å². The molecule has 1 aliphatic rings. The second-order valence-electron chi connectivity index (χ2n) is 6.65. The average Bonchev–Trinajstić information content (AvgIpc) is 3.20. The van der Waals surface area contributed by atoms with E-state index in [1.165, 1.54) is 18.2 Å². The summed E-state index contributed by atoms with van der Waals surface area (Å²) in [7, 11) is 3.16. The summed E-state index contributed by atoms with van der Waals surface area (Å²) < 4.78 is 10.3. The Morgan fingerprint density at radius 3 is 2.38 bits per heavy atom. The van der Waals surface area contributed by atoms with Gasteiger partial charge < -0.3 is 20.1 Å². The Bertz CT molecular complexity index is 838. The number of halogens is 1. The van der Waals surface area contributed by atoms with Gasteiger partial charge in [-0.15, -0.1) is 24.0 Å². The molecule has 29 heavy (non-hydrogen) atoms. The molecule has 3 rings (SSSR count). The van der Waals surface area contributed by atoms with E-state index < -0.39 is 0 Å². The highest BCUT2D eigenvalue weighted by Crippen LogP contribution is 2.25. The van der Waals surface area contributed by atoms with Gasteiger partial charge in [0.25, 0.3) is 0 Å². The second-order valence-corrected chi connectivity index (χ2v) is 6.65. The monoisotopic (exact) mass is 509 g/mol. The molecule has 0 spiro atoms. The fourth-order valence-corrected chi connectivity index (χ4v) is 3.19. The van der Waals surface area contributed by atoms with E-state index in [2.05, 4.69) is 33.8 Å². The topological polar surface area (TPSA) is 72.0 Å². The molecular weight excluding hydrogens is 481 g/mol. The number of fused-ring (bicyclic) bond motifs is 1. The van der Waals surface area contributed by atoms with E-state index in [0.717, 1.165) is 56.2 Å². The van der Waals surface area contributed by atoms with Crippen LogP contribution >= 0.6 is 24.0 Å². The molecule has 0 saturated heterocycles. The lowest BCUT2D eigenvalue weighted by Crippen LogP contribution is -2.39. The summed E-state index contributed by atoms with van der Waals surface area (Å²) in [4.78, 5) is 15.7. The third-order valence-corrected chi connectivity index (χ3v) is 4.76. The van der Waals surface area contributed by atoms with Crippen molar-refractivity contribution in [3.8, 4) is 5.75 Å². The first-order valence-corrected chi connectivity index (χ1v) is 9.56. The van der Waals surface area contributed by atoms with Crippen LogP contribution in [0.1, 0.15) is 27.0 Å². The fourth-order valence-electron chi connectivity index (χ4n) is 3.19. The predicted octanol–water partition coefficient (Wildman–Crippen LogP) is 2.98. The number of methoxy groups -OCH3 is 1. The summed E-state index contributed by atoms with van der Waals surface area (Å²) >= 11 is 0. The van der Waals surface area contributed by atoms with Crippen molar-refractivity contribution in [3.05, 3.63) is 64.7 Å². The Labute approximate surface area is 189 Å². The van der Waals surface area contributed by atoms with Gasteiger partial charge in [0.15, 0.2) is 5.96 Å². The summed E-state index contributed by atoms with van der Waals surface area (Å²) in [6, 6.07) is 13.9.